The summed E-state index contributed by atoms with van der Waals surface area (Å²) in [4.78, 5) is 24.7. The van der Waals surface area contributed by atoms with Crippen molar-refractivity contribution in [3.63, 3.8) is 0 Å². The number of carbonyl (C=O) groups excluding carboxylic acids is 1. The number of pyridine rings is 1. The van der Waals surface area contributed by atoms with Gasteiger partial charge in [-0.1, -0.05) is 31.4 Å². The number of benzene rings is 1. The maximum absolute atomic E-state index is 12.9. The van der Waals surface area contributed by atoms with Gasteiger partial charge in [0.2, 0.25) is 10.0 Å². The number of amides is 1. The fraction of sp³-hybridized carbons (Fsp3) is 0.517. The van der Waals surface area contributed by atoms with E-state index >= 15 is 0 Å². The van der Waals surface area contributed by atoms with E-state index in [0.717, 1.165) is 73.2 Å². The standard InChI is InChI=1S/C29H39N5O4S/c1-29(2,3)38-28(35)34-17-15-33(16-18-34)20-23-19-26-25(13-14-30-27(26)31-23)21-9-11-24(12-10-21)39(36,37)32-22-7-5-4-6-8-22/h9-14,19,22,32H,4-8,15-18,20H2,1-3H3,(H,30,31). The third-order valence-electron chi connectivity index (χ3n) is 7.41. The molecule has 0 spiro atoms. The Bertz CT molecular complexity index is 1400. The molecule has 2 N–H and O–H groups in total. The van der Waals surface area contributed by atoms with Gasteiger partial charge >= 0.3 is 6.09 Å². The molecule has 2 aliphatic rings. The van der Waals surface area contributed by atoms with Gasteiger partial charge < -0.3 is 14.6 Å². The second-order valence-electron chi connectivity index (χ2n) is 11.6. The third-order valence-corrected chi connectivity index (χ3v) is 8.94. The summed E-state index contributed by atoms with van der Waals surface area (Å²) in [6.45, 7) is 9.15. The lowest BCUT2D eigenvalue weighted by atomic mass is 9.96. The fourth-order valence-electron chi connectivity index (χ4n) is 5.40. The van der Waals surface area contributed by atoms with E-state index < -0.39 is 15.6 Å². The number of nitrogens with zero attached hydrogens (tertiary/aromatic N) is 3. The van der Waals surface area contributed by atoms with Crippen molar-refractivity contribution >= 4 is 27.1 Å². The number of ether oxygens (including phenoxy) is 1. The average Bonchev–Trinajstić information content (AvgIpc) is 3.31. The largest absolute Gasteiger partial charge is 0.444 e. The minimum Gasteiger partial charge on any atom is -0.444 e. The van der Waals surface area contributed by atoms with Crippen LogP contribution in [0.5, 0.6) is 0 Å². The summed E-state index contributed by atoms with van der Waals surface area (Å²) in [7, 11) is -3.54. The second kappa shape index (κ2) is 11.3. The first kappa shape index (κ1) is 27.6. The number of piperazine rings is 1. The van der Waals surface area contributed by atoms with Gasteiger partial charge in [-0.3, -0.25) is 4.90 Å². The van der Waals surface area contributed by atoms with Crippen molar-refractivity contribution in [1.82, 2.24) is 24.5 Å². The van der Waals surface area contributed by atoms with Crippen molar-refractivity contribution in [3.8, 4) is 11.1 Å². The highest BCUT2D eigenvalue weighted by atomic mass is 32.2. The van der Waals surface area contributed by atoms with Crippen molar-refractivity contribution in [2.24, 2.45) is 0 Å². The summed E-state index contributed by atoms with van der Waals surface area (Å²) in [5.74, 6) is 0. The Balaban J connectivity index is 1.25. The molecule has 0 radical (unpaired) electrons. The first-order valence-electron chi connectivity index (χ1n) is 13.9. The zero-order chi connectivity index (χ0) is 27.6. The van der Waals surface area contributed by atoms with E-state index in [1.54, 1.807) is 23.2 Å². The number of sulfonamides is 1. The number of hydrogen-bond donors (Lipinski definition) is 2. The number of rotatable bonds is 6. The number of hydrogen-bond acceptors (Lipinski definition) is 6. The molecule has 1 saturated heterocycles. The quantitative estimate of drug-likeness (QED) is 0.450. The number of H-pyrrole nitrogens is 1. The molecule has 0 atom stereocenters. The van der Waals surface area contributed by atoms with E-state index in [4.69, 9.17) is 4.74 Å². The van der Waals surface area contributed by atoms with Crippen LogP contribution in [-0.4, -0.2) is 72.1 Å². The van der Waals surface area contributed by atoms with Crippen LogP contribution in [0, 0.1) is 0 Å². The smallest absolute Gasteiger partial charge is 0.410 e. The van der Waals surface area contributed by atoms with Crippen molar-refractivity contribution < 1.29 is 17.9 Å². The zero-order valence-electron chi connectivity index (χ0n) is 23.1. The normalized spacial score (nSPS) is 18.0. The van der Waals surface area contributed by atoms with Crippen LogP contribution in [0.25, 0.3) is 22.2 Å². The van der Waals surface area contributed by atoms with Gasteiger partial charge in [-0.05, 0) is 69.0 Å². The maximum Gasteiger partial charge on any atom is 0.410 e. The summed E-state index contributed by atoms with van der Waals surface area (Å²) in [6.07, 6.45) is 6.65. The molecule has 0 unspecified atom stereocenters. The summed E-state index contributed by atoms with van der Waals surface area (Å²) in [5, 5.41) is 0.996. The predicted octanol–water partition coefficient (Wildman–Crippen LogP) is 4.89. The average molecular weight is 554 g/mol. The van der Waals surface area contributed by atoms with Crippen LogP contribution in [-0.2, 0) is 21.3 Å². The van der Waals surface area contributed by atoms with Gasteiger partial charge in [0.15, 0.2) is 0 Å². The number of aromatic amines is 1. The van der Waals surface area contributed by atoms with Gasteiger partial charge in [-0.2, -0.15) is 0 Å². The van der Waals surface area contributed by atoms with Gasteiger partial charge in [0.1, 0.15) is 11.2 Å². The molecule has 5 rings (SSSR count). The van der Waals surface area contributed by atoms with Crippen molar-refractivity contribution in [3.05, 3.63) is 48.3 Å². The summed E-state index contributed by atoms with van der Waals surface area (Å²) in [6, 6.07) is 11.2. The molecule has 2 fully saturated rings. The highest BCUT2D eigenvalue weighted by Crippen LogP contribution is 2.30. The van der Waals surface area contributed by atoms with Crippen LogP contribution in [0.1, 0.15) is 58.6 Å². The molecule has 9 nitrogen and oxygen atoms in total. The van der Waals surface area contributed by atoms with Gasteiger partial charge in [0.25, 0.3) is 0 Å². The molecular formula is C29H39N5O4S. The number of fused-ring (bicyclic) bond motifs is 1. The van der Waals surface area contributed by atoms with Gasteiger partial charge in [-0.25, -0.2) is 22.9 Å². The molecule has 210 valence electrons. The summed E-state index contributed by atoms with van der Waals surface area (Å²) in [5.41, 5.74) is 3.29. The maximum atomic E-state index is 12.9. The molecule has 2 aromatic heterocycles. The lowest BCUT2D eigenvalue weighted by Gasteiger charge is -2.35. The molecular weight excluding hydrogens is 514 g/mol. The van der Waals surface area contributed by atoms with Crippen molar-refractivity contribution in [2.75, 3.05) is 26.2 Å². The third kappa shape index (κ3) is 6.80. The molecule has 1 aliphatic heterocycles. The van der Waals surface area contributed by atoms with E-state index in [-0.39, 0.29) is 12.1 Å². The van der Waals surface area contributed by atoms with E-state index in [0.29, 0.717) is 18.0 Å². The van der Waals surface area contributed by atoms with E-state index in [9.17, 15) is 13.2 Å². The molecule has 3 aromatic rings. The zero-order valence-corrected chi connectivity index (χ0v) is 23.9. The van der Waals surface area contributed by atoms with Crippen LogP contribution < -0.4 is 4.72 Å². The summed E-state index contributed by atoms with van der Waals surface area (Å²) < 4.78 is 34.2. The molecule has 1 aromatic carbocycles. The second-order valence-corrected chi connectivity index (χ2v) is 13.4. The first-order valence-corrected chi connectivity index (χ1v) is 15.4. The van der Waals surface area contributed by atoms with E-state index in [1.807, 2.05) is 39.0 Å². The molecule has 1 saturated carbocycles. The van der Waals surface area contributed by atoms with Crippen molar-refractivity contribution in [1.29, 1.82) is 0 Å². The number of aromatic nitrogens is 2. The Morgan fingerprint density at radius 3 is 2.41 bits per heavy atom. The van der Waals surface area contributed by atoms with E-state index in [1.165, 1.54) is 6.42 Å². The van der Waals surface area contributed by atoms with Gasteiger partial charge in [0, 0.05) is 56.0 Å². The van der Waals surface area contributed by atoms with Crippen LogP contribution >= 0.6 is 0 Å². The molecule has 3 heterocycles. The Hall–Kier alpha value is -2.95. The Morgan fingerprint density at radius 2 is 1.74 bits per heavy atom. The number of carbonyl (C=O) groups is 1. The molecule has 0 bridgehead atoms. The van der Waals surface area contributed by atoms with Crippen LogP contribution in [0.2, 0.25) is 0 Å². The lowest BCUT2D eigenvalue weighted by molar-refractivity contribution is 0.0138. The topological polar surface area (TPSA) is 108 Å². The van der Waals surface area contributed by atoms with Gasteiger partial charge in [-0.15, -0.1) is 0 Å². The van der Waals surface area contributed by atoms with Crippen LogP contribution in [0.3, 0.4) is 0 Å². The monoisotopic (exact) mass is 553 g/mol. The minimum absolute atomic E-state index is 0.0295. The van der Waals surface area contributed by atoms with Crippen LogP contribution in [0.15, 0.2) is 47.5 Å². The minimum atomic E-state index is -3.54. The lowest BCUT2D eigenvalue weighted by Crippen LogP contribution is -2.49. The first-order chi connectivity index (χ1) is 18.6. The highest BCUT2D eigenvalue weighted by molar-refractivity contribution is 7.89. The van der Waals surface area contributed by atoms with E-state index in [2.05, 4.69) is 25.7 Å². The fourth-order valence-corrected chi connectivity index (χ4v) is 6.70. The molecule has 10 heteroatoms. The molecule has 1 aliphatic carbocycles. The summed E-state index contributed by atoms with van der Waals surface area (Å²) >= 11 is 0. The highest BCUT2D eigenvalue weighted by Gasteiger charge is 2.26. The SMILES string of the molecule is CC(C)(C)OC(=O)N1CCN(Cc2cc3c(-c4ccc(S(=O)(=O)NC5CCCCC5)cc4)ccnc3[nH]2)CC1. The molecule has 39 heavy (non-hydrogen) atoms. The Labute approximate surface area is 231 Å². The van der Waals surface area contributed by atoms with Crippen molar-refractivity contribution in [2.45, 2.75) is 76.0 Å². The Morgan fingerprint density at radius 1 is 1.05 bits per heavy atom. The predicted molar refractivity (Wildman–Crippen MR) is 152 cm³/mol. The molecule has 1 amide bonds. The van der Waals surface area contributed by atoms with Crippen LogP contribution in [0.4, 0.5) is 4.79 Å². The van der Waals surface area contributed by atoms with Gasteiger partial charge in [0.05, 0.1) is 4.90 Å². The Kier molecular flexibility index (Phi) is 7.98. The number of nitrogens with one attached hydrogen (secondary N) is 2.